The van der Waals surface area contributed by atoms with Gasteiger partial charge in [-0.2, -0.15) is 0 Å². The Balaban J connectivity index is 0.000000917. The van der Waals surface area contributed by atoms with Crippen molar-refractivity contribution in [1.29, 1.82) is 0 Å². The molecule has 0 bridgehead atoms. The molecule has 3 aliphatic heterocycles. The smallest absolute Gasteiger partial charge is 0.756 e. The van der Waals surface area contributed by atoms with Crippen molar-refractivity contribution < 1.29 is 183 Å². The van der Waals surface area contributed by atoms with Crippen LogP contribution in [0.3, 0.4) is 0 Å². The van der Waals surface area contributed by atoms with Gasteiger partial charge in [-0.25, -0.2) is 9.59 Å². The summed E-state index contributed by atoms with van der Waals surface area (Å²) in [6.07, 6.45) is 47.3. The normalized spacial score (nSPS) is 19.4. The number of Topliss-reactive ketones (excluding diaryl/α,β-unsaturated/α-hetero) is 1. The number of aliphatic hydroxyl groups excluding tert-OH is 1. The first kappa shape index (κ1) is 117. The van der Waals surface area contributed by atoms with Crippen molar-refractivity contribution in [3.63, 3.8) is 0 Å². The first-order chi connectivity index (χ1) is 58.6. The number of phosphoric ester groups is 2. The van der Waals surface area contributed by atoms with Gasteiger partial charge in [0.05, 0.1) is 37.6 Å². The van der Waals surface area contributed by atoms with Crippen LogP contribution in [-0.2, 0) is 86.1 Å². The summed E-state index contributed by atoms with van der Waals surface area (Å²) in [5.41, 5.74) is -2.67. The Morgan fingerprint density at radius 3 is 1.30 bits per heavy atom. The molecule has 0 aromatic heterocycles. The summed E-state index contributed by atoms with van der Waals surface area (Å²) >= 11 is 0. The first-order valence-electron chi connectivity index (χ1n) is 46.5. The number of phenols is 1. The molecule has 1 aromatic rings. The molecule has 3 heterocycles. The number of aliphatic carboxylic acids is 2. The molecule has 26 nitrogen and oxygen atoms in total. The third kappa shape index (κ3) is 43.0. The number of unbranched alkanes of at least 4 members (excludes halogenated alkanes) is 32. The van der Waals surface area contributed by atoms with E-state index in [0.717, 1.165) is 115 Å². The average Bonchev–Trinajstić information content (AvgIpc) is 1.52. The number of hydrogen-bond donors (Lipinski definition) is 4. The van der Waals surface area contributed by atoms with Crippen LogP contribution in [0.2, 0.25) is 0 Å². The molecule has 8 atom stereocenters. The van der Waals surface area contributed by atoms with Crippen LogP contribution in [0.25, 0.3) is 6.08 Å². The number of carboxylic acid groups (broad SMARTS) is 2. The maximum absolute atomic E-state index is 14.7. The summed E-state index contributed by atoms with van der Waals surface area (Å²) in [7, 11) is -10.4. The quantitative estimate of drug-likeness (QED) is 0.00895. The second kappa shape index (κ2) is 63.1. The minimum atomic E-state index is -5.20. The number of phosphoric acid groups is 2. The molecule has 1 aliphatic carbocycles. The number of ether oxygens (including phenoxy) is 7. The minimum Gasteiger partial charge on any atom is -0.756 e. The van der Waals surface area contributed by atoms with Gasteiger partial charge in [-0.3, -0.25) is 33.1 Å². The molecular weight excluding hydrogens is 1660 g/mol. The third-order valence-corrected chi connectivity index (χ3v) is 25.0. The number of phenolic OH excluding ortho intramolecular Hbond substituents is 1. The largest absolute Gasteiger partial charge is 1.00 e. The molecule has 1 spiro atoms. The Labute approximate surface area is 792 Å². The topological polar surface area (TPSA) is 382 Å². The van der Waals surface area contributed by atoms with Crippen LogP contribution in [0.1, 0.15) is 394 Å². The predicted octanol–water partition coefficient (Wildman–Crippen LogP) is 15.5. The first-order valence-corrected chi connectivity index (χ1v) is 49.4. The SMILES string of the molecule is CC(C)=CCCC1(C)C=Cc2c(O)c3c(c(CC=C(C)C)c2O1)OC12C(=CCCC1C(C)(C)OC2(CC=C(C)C(=O)O)C(=O)O)C3=O.CCCCCCCCCCCC(=O)OCC(COP(=O)([O-])OCC(O)COP(=O)([O-])OCC(COC(=O)CCCCCCCCCCC)OC(=O)CCCCCCCCCCC)OC(=O)CCCCCCCCCCC.[Na+].[Na+]. The maximum atomic E-state index is 14.7. The van der Waals surface area contributed by atoms with E-state index in [9.17, 15) is 72.9 Å². The van der Waals surface area contributed by atoms with Gasteiger partial charge in [0.2, 0.25) is 5.60 Å². The fourth-order valence-corrected chi connectivity index (χ4v) is 17.6. The Bertz CT molecular complexity index is 3550. The number of esters is 4. The van der Waals surface area contributed by atoms with E-state index in [1.807, 2.05) is 46.8 Å². The van der Waals surface area contributed by atoms with Crippen LogP contribution in [0.4, 0.5) is 0 Å². The van der Waals surface area contributed by atoms with Crippen LogP contribution in [0.15, 0.2) is 52.7 Å². The number of hydrogen-bond acceptors (Lipinski definition) is 24. The number of ketones is 1. The van der Waals surface area contributed by atoms with Gasteiger partial charge in [0, 0.05) is 54.7 Å². The molecule has 4 N–H and O–H groups in total. The zero-order valence-corrected chi connectivity index (χ0v) is 84.5. The summed E-state index contributed by atoms with van der Waals surface area (Å²) < 4.78 is 86.9. The molecule has 1 fully saturated rings. The van der Waals surface area contributed by atoms with E-state index in [-0.39, 0.29) is 119 Å². The van der Waals surface area contributed by atoms with E-state index in [1.54, 1.807) is 26.0 Å². The Hall–Kier alpha value is -4.05. The number of allylic oxidation sites excluding steroid dienone is 5. The Kier molecular flexibility index (Phi) is 59.1. The Morgan fingerprint density at radius 1 is 0.528 bits per heavy atom. The Morgan fingerprint density at radius 2 is 0.912 bits per heavy atom. The van der Waals surface area contributed by atoms with Gasteiger partial charge in [-0.05, 0) is 125 Å². The van der Waals surface area contributed by atoms with Crippen molar-refractivity contribution in [3.05, 3.63) is 69.4 Å². The fraction of sp³-hybridized carbons (Fsp3) is 0.758. The van der Waals surface area contributed by atoms with Gasteiger partial charge < -0.3 is 81.5 Å². The molecule has 4 aliphatic rings. The molecule has 5 rings (SSSR count). The van der Waals surface area contributed by atoms with Gasteiger partial charge in [-0.1, -0.05) is 269 Å². The molecule has 30 heteroatoms. The van der Waals surface area contributed by atoms with E-state index >= 15 is 0 Å². The van der Waals surface area contributed by atoms with Crippen molar-refractivity contribution in [2.45, 2.75) is 419 Å². The fourth-order valence-electron chi connectivity index (χ4n) is 16.0. The number of benzene rings is 1. The molecule has 1 saturated heterocycles. The number of carboxylic acids is 2. The van der Waals surface area contributed by atoms with Crippen molar-refractivity contribution in [1.82, 2.24) is 0 Å². The molecule has 702 valence electrons. The molecule has 1 aromatic carbocycles. The number of rotatable bonds is 67. The van der Waals surface area contributed by atoms with Gasteiger partial charge in [-0.15, -0.1) is 0 Å². The minimum absolute atomic E-state index is 0. The van der Waals surface area contributed by atoms with Crippen molar-refractivity contribution in [2.24, 2.45) is 5.92 Å². The summed E-state index contributed by atoms with van der Waals surface area (Å²) in [4.78, 5) is 116. The van der Waals surface area contributed by atoms with Gasteiger partial charge >= 0.3 is 94.9 Å². The number of carbonyl (C=O) groups is 7. The number of fused-ring (bicyclic) bond motifs is 2. The summed E-state index contributed by atoms with van der Waals surface area (Å²) in [6.45, 7) is 19.3. The van der Waals surface area contributed by atoms with E-state index in [1.165, 1.54) is 121 Å². The number of aromatic hydroxyl groups is 1. The van der Waals surface area contributed by atoms with E-state index < -0.39 is 144 Å². The predicted molar refractivity (Wildman–Crippen MR) is 472 cm³/mol. The van der Waals surface area contributed by atoms with E-state index in [0.29, 0.717) is 68.2 Å². The maximum Gasteiger partial charge on any atom is 1.00 e. The van der Waals surface area contributed by atoms with E-state index in [2.05, 4.69) is 33.8 Å². The second-order valence-corrected chi connectivity index (χ2v) is 37.9. The number of carbonyl (C=O) groups excluding carboxylic acids is 5. The molecule has 0 saturated carbocycles. The second-order valence-electron chi connectivity index (χ2n) is 35.1. The zero-order valence-electron chi connectivity index (χ0n) is 78.7. The van der Waals surface area contributed by atoms with Crippen molar-refractivity contribution in [3.8, 4) is 17.2 Å². The van der Waals surface area contributed by atoms with Gasteiger partial charge in [0.1, 0.15) is 47.7 Å². The molecule has 125 heavy (non-hydrogen) atoms. The summed E-state index contributed by atoms with van der Waals surface area (Å²) in [6, 6.07) is 0. The van der Waals surface area contributed by atoms with Crippen molar-refractivity contribution in [2.75, 3.05) is 39.6 Å². The van der Waals surface area contributed by atoms with Gasteiger partial charge in [0.15, 0.2) is 23.6 Å². The molecular formula is C95H154Na2O26P2. The zero-order chi connectivity index (χ0) is 90.9. The van der Waals surface area contributed by atoms with Crippen LogP contribution < -0.4 is 78.4 Å². The average molecular weight is 1820 g/mol. The third-order valence-electron chi connectivity index (χ3n) is 23.1. The molecule has 8 unspecified atom stereocenters. The van der Waals surface area contributed by atoms with Crippen LogP contribution in [0, 0.1) is 5.92 Å². The van der Waals surface area contributed by atoms with Crippen LogP contribution in [-0.4, -0.2) is 142 Å². The van der Waals surface area contributed by atoms with Gasteiger partial charge in [0.25, 0.3) is 15.6 Å². The molecule has 0 radical (unpaired) electrons. The monoisotopic (exact) mass is 1820 g/mol. The summed E-state index contributed by atoms with van der Waals surface area (Å²) in [5.74, 6) is -5.77. The standard InChI is InChI=1S/C57H110O17P2.C38H46O9.2Na/c1-5-9-13-17-21-25-29-33-37-41-54(59)67-47-52(73-56(61)43-39-35-31-27-23-19-15-11-7-3)49-71-75(63,64)69-45-51(58)46-70-76(65,66)72-50-53(74-57(62)44-40-36-32-28-24-20-16-12-8-4)48-68-55(60)42-38-34-30-26-22-18-14-10-6-2;1-21(2)11-10-18-36(8)19-17-24-29(39)28-30(40)26-12-9-13-27-35(6,7)47-37(34(43)44,20-16-23(5)33(41)42)38(26,27)46-32(28)25(31(24)45-36)15-14-22(3)4;;/h51-53,58H,5-50H2,1-4H3,(H,63,64)(H,65,66);11-12,14,16-17,19,27,39H,9-10,13,15,18,20H2,1-8H3,(H,41,42)(H,43,44);;/q;;2*+1/p-2. The summed E-state index contributed by atoms with van der Waals surface area (Å²) in [5, 5.41) is 42.8. The van der Waals surface area contributed by atoms with E-state index in [4.69, 9.17) is 51.3 Å². The van der Waals surface area contributed by atoms with Crippen LogP contribution in [0.5, 0.6) is 17.2 Å². The number of aliphatic hydroxyl groups is 1. The van der Waals surface area contributed by atoms with Crippen molar-refractivity contribution >= 4 is 63.3 Å². The van der Waals surface area contributed by atoms with Crippen LogP contribution >= 0.6 is 15.6 Å². The molecule has 0 amide bonds.